The summed E-state index contributed by atoms with van der Waals surface area (Å²) in [5, 5.41) is 9.51. The molecule has 0 saturated carbocycles. The average Bonchev–Trinajstić information content (AvgIpc) is 2.92. The van der Waals surface area contributed by atoms with Gasteiger partial charge in [0.25, 0.3) is 15.9 Å². The number of sulfonamides is 1. The fourth-order valence-corrected chi connectivity index (χ4v) is 5.40. The van der Waals surface area contributed by atoms with E-state index in [0.717, 1.165) is 9.87 Å². The van der Waals surface area contributed by atoms with Crippen molar-refractivity contribution in [1.82, 2.24) is 15.4 Å². The lowest BCUT2D eigenvalue weighted by Gasteiger charge is -2.28. The summed E-state index contributed by atoms with van der Waals surface area (Å²) in [6, 6.07) is 16.3. The molecule has 1 amide bonds. The Morgan fingerprint density at radius 3 is 2.28 bits per heavy atom. The SMILES string of the molecule is COc1ccc(S(=O)(=O)N(Cc2cccnc2)c2c(C)cc(-c3cccnc3)cc2C(=O)NO)cc1. The van der Waals surface area contributed by atoms with Gasteiger partial charge in [-0.3, -0.25) is 24.3 Å². The number of nitrogens with zero attached hydrogens (tertiary/aromatic N) is 3. The first-order valence-electron chi connectivity index (χ1n) is 10.9. The maximum atomic E-state index is 14.0. The van der Waals surface area contributed by atoms with Crippen molar-refractivity contribution in [2.24, 2.45) is 0 Å². The minimum atomic E-state index is -4.17. The second-order valence-electron chi connectivity index (χ2n) is 7.92. The predicted octanol–water partition coefficient (Wildman–Crippen LogP) is 3.98. The molecule has 0 radical (unpaired) electrons. The summed E-state index contributed by atoms with van der Waals surface area (Å²) >= 11 is 0. The van der Waals surface area contributed by atoms with Gasteiger partial charge in [0.2, 0.25) is 0 Å². The number of benzene rings is 2. The second-order valence-corrected chi connectivity index (χ2v) is 9.78. The molecule has 2 aromatic heterocycles. The van der Waals surface area contributed by atoms with Gasteiger partial charge in [-0.2, -0.15) is 0 Å². The smallest absolute Gasteiger partial charge is 0.276 e. The Hall–Kier alpha value is -4.28. The molecule has 0 spiro atoms. The maximum absolute atomic E-state index is 14.0. The van der Waals surface area contributed by atoms with Gasteiger partial charge in [-0.1, -0.05) is 12.1 Å². The highest BCUT2D eigenvalue weighted by atomic mass is 32.2. The third-order valence-electron chi connectivity index (χ3n) is 5.59. The molecule has 0 atom stereocenters. The summed E-state index contributed by atoms with van der Waals surface area (Å²) in [6.07, 6.45) is 6.41. The van der Waals surface area contributed by atoms with E-state index in [4.69, 9.17) is 4.74 Å². The number of nitrogens with one attached hydrogen (secondary N) is 1. The van der Waals surface area contributed by atoms with Crippen molar-refractivity contribution >= 4 is 21.6 Å². The van der Waals surface area contributed by atoms with E-state index < -0.39 is 15.9 Å². The minimum absolute atomic E-state index is 0.0123. The van der Waals surface area contributed by atoms with Gasteiger partial charge in [-0.05, 0) is 72.1 Å². The molecule has 0 aliphatic rings. The zero-order chi connectivity index (χ0) is 25.7. The Labute approximate surface area is 209 Å². The number of pyridine rings is 2. The molecule has 0 saturated heterocycles. The lowest BCUT2D eigenvalue weighted by atomic mass is 9.98. The molecule has 9 nitrogen and oxygen atoms in total. The molecule has 0 aliphatic heterocycles. The fourth-order valence-electron chi connectivity index (χ4n) is 3.86. The predicted molar refractivity (Wildman–Crippen MR) is 134 cm³/mol. The summed E-state index contributed by atoms with van der Waals surface area (Å²) in [7, 11) is -2.67. The average molecular weight is 505 g/mol. The summed E-state index contributed by atoms with van der Waals surface area (Å²) < 4.78 is 34.2. The molecule has 0 aliphatic carbocycles. The van der Waals surface area contributed by atoms with Gasteiger partial charge in [0, 0.05) is 30.4 Å². The number of carbonyl (C=O) groups excluding carboxylic acids is 1. The zero-order valence-corrected chi connectivity index (χ0v) is 20.4. The van der Waals surface area contributed by atoms with Crippen LogP contribution < -0.4 is 14.5 Å². The number of hydroxylamine groups is 1. The van der Waals surface area contributed by atoms with Crippen LogP contribution in [0.15, 0.2) is 90.3 Å². The van der Waals surface area contributed by atoms with Gasteiger partial charge >= 0.3 is 0 Å². The zero-order valence-electron chi connectivity index (χ0n) is 19.6. The number of aryl methyl sites for hydroxylation is 1. The number of anilines is 1. The van der Waals surface area contributed by atoms with Crippen LogP contribution in [0, 0.1) is 6.92 Å². The second kappa shape index (κ2) is 10.5. The first kappa shape index (κ1) is 24.8. The monoisotopic (exact) mass is 504 g/mol. The Morgan fingerprint density at radius 2 is 1.69 bits per heavy atom. The Morgan fingerprint density at radius 1 is 1.00 bits per heavy atom. The third kappa shape index (κ3) is 5.04. The minimum Gasteiger partial charge on any atom is -0.497 e. The van der Waals surface area contributed by atoms with Gasteiger partial charge in [0.1, 0.15) is 5.75 Å². The molecular formula is C26H24N4O5S. The maximum Gasteiger partial charge on any atom is 0.276 e. The normalized spacial score (nSPS) is 11.1. The molecule has 0 unspecified atom stereocenters. The lowest BCUT2D eigenvalue weighted by Crippen LogP contribution is -2.34. The number of methoxy groups -OCH3 is 1. The van der Waals surface area contributed by atoms with Crippen LogP contribution in [0.3, 0.4) is 0 Å². The van der Waals surface area contributed by atoms with Crippen LogP contribution in [0.2, 0.25) is 0 Å². The quantitative estimate of drug-likeness (QED) is 0.275. The van der Waals surface area contributed by atoms with Crippen LogP contribution >= 0.6 is 0 Å². The molecule has 4 aromatic rings. The molecule has 36 heavy (non-hydrogen) atoms. The highest BCUT2D eigenvalue weighted by Gasteiger charge is 2.31. The number of amides is 1. The van der Waals surface area contributed by atoms with E-state index in [1.165, 1.54) is 25.3 Å². The van der Waals surface area contributed by atoms with E-state index in [1.807, 2.05) is 6.07 Å². The van der Waals surface area contributed by atoms with Crippen molar-refractivity contribution in [2.45, 2.75) is 18.4 Å². The van der Waals surface area contributed by atoms with Crippen molar-refractivity contribution in [3.8, 4) is 16.9 Å². The van der Waals surface area contributed by atoms with Crippen LogP contribution in [0.1, 0.15) is 21.5 Å². The largest absolute Gasteiger partial charge is 0.497 e. The Balaban J connectivity index is 1.94. The van der Waals surface area contributed by atoms with Crippen molar-refractivity contribution < 1.29 is 23.2 Å². The lowest BCUT2D eigenvalue weighted by molar-refractivity contribution is 0.0707. The van der Waals surface area contributed by atoms with E-state index in [9.17, 15) is 18.4 Å². The summed E-state index contributed by atoms with van der Waals surface area (Å²) in [6.45, 7) is 1.62. The molecule has 0 bridgehead atoms. The summed E-state index contributed by atoms with van der Waals surface area (Å²) in [5.41, 5.74) is 4.26. The van der Waals surface area contributed by atoms with Gasteiger partial charge < -0.3 is 4.74 Å². The van der Waals surface area contributed by atoms with Gasteiger partial charge in [0.05, 0.1) is 29.8 Å². The summed E-state index contributed by atoms with van der Waals surface area (Å²) in [4.78, 5) is 21.1. The van der Waals surface area contributed by atoms with Crippen LogP contribution in [0.25, 0.3) is 11.1 Å². The van der Waals surface area contributed by atoms with E-state index in [-0.39, 0.29) is 22.7 Å². The standard InChI is InChI=1S/C26H24N4O5S/c1-18-13-21(20-6-4-12-28-16-20)14-24(26(31)29-32)25(18)30(17-19-5-3-11-27-15-19)36(33,34)23-9-7-22(35-2)8-10-23/h3-16,32H,17H2,1-2H3,(H,29,31). The van der Waals surface area contributed by atoms with Gasteiger partial charge in [-0.25, -0.2) is 13.9 Å². The summed E-state index contributed by atoms with van der Waals surface area (Å²) in [5.74, 6) is -0.343. The van der Waals surface area contributed by atoms with Crippen LogP contribution in [-0.4, -0.2) is 36.6 Å². The number of rotatable bonds is 8. The fraction of sp³-hybridized carbons (Fsp3) is 0.115. The number of hydrogen-bond donors (Lipinski definition) is 2. The van der Waals surface area contributed by atoms with Crippen molar-refractivity contribution in [3.05, 3.63) is 102 Å². The molecule has 0 fully saturated rings. The Kier molecular flexibility index (Phi) is 7.28. The first-order valence-corrected chi connectivity index (χ1v) is 12.3. The van der Waals surface area contributed by atoms with Gasteiger partial charge in [-0.15, -0.1) is 0 Å². The molecule has 10 heteroatoms. The van der Waals surface area contributed by atoms with E-state index in [1.54, 1.807) is 73.6 Å². The van der Waals surface area contributed by atoms with E-state index >= 15 is 0 Å². The molecule has 2 heterocycles. The number of aromatic nitrogens is 2. The number of carbonyl (C=O) groups is 1. The van der Waals surface area contributed by atoms with Crippen molar-refractivity contribution in [3.63, 3.8) is 0 Å². The van der Waals surface area contributed by atoms with Gasteiger partial charge in [0.15, 0.2) is 0 Å². The van der Waals surface area contributed by atoms with Crippen molar-refractivity contribution in [2.75, 3.05) is 11.4 Å². The molecule has 184 valence electrons. The van der Waals surface area contributed by atoms with Crippen molar-refractivity contribution in [1.29, 1.82) is 0 Å². The molecular weight excluding hydrogens is 480 g/mol. The van der Waals surface area contributed by atoms with E-state index in [0.29, 0.717) is 22.4 Å². The third-order valence-corrected chi connectivity index (χ3v) is 7.35. The molecule has 2 aromatic carbocycles. The van der Waals surface area contributed by atoms with E-state index in [2.05, 4.69) is 9.97 Å². The first-order chi connectivity index (χ1) is 17.3. The number of hydrogen-bond acceptors (Lipinski definition) is 7. The van der Waals surface area contributed by atoms with Crippen LogP contribution in [0.5, 0.6) is 5.75 Å². The van der Waals surface area contributed by atoms with Crippen LogP contribution in [0.4, 0.5) is 5.69 Å². The Bertz CT molecular complexity index is 1460. The highest BCUT2D eigenvalue weighted by Crippen LogP contribution is 2.36. The highest BCUT2D eigenvalue weighted by molar-refractivity contribution is 7.92. The number of ether oxygens (including phenoxy) is 1. The topological polar surface area (TPSA) is 122 Å². The molecule has 2 N–H and O–H groups in total. The molecule has 4 rings (SSSR count). The van der Waals surface area contributed by atoms with Crippen LogP contribution in [-0.2, 0) is 16.6 Å².